The second-order valence-corrected chi connectivity index (χ2v) is 10.5. The number of aromatic nitrogens is 2. The fourth-order valence-electron chi connectivity index (χ4n) is 5.07. The molecule has 1 saturated heterocycles. The predicted molar refractivity (Wildman–Crippen MR) is 136 cm³/mol. The number of halogens is 2. The number of fused-ring (bicyclic) bond motifs is 1. The van der Waals surface area contributed by atoms with E-state index >= 15 is 0 Å². The quantitative estimate of drug-likeness (QED) is 0.422. The summed E-state index contributed by atoms with van der Waals surface area (Å²) in [6.45, 7) is 3.38. The molecule has 0 bridgehead atoms. The lowest BCUT2D eigenvalue weighted by Crippen LogP contribution is -2.45. The average molecular weight is 576 g/mol. The molecule has 1 aliphatic carbocycles. The summed E-state index contributed by atoms with van der Waals surface area (Å²) in [6, 6.07) is 16.6. The smallest absolute Gasteiger partial charge is 0.302 e. The molecular weight excluding hydrogens is 553 g/mol. The lowest BCUT2D eigenvalue weighted by Gasteiger charge is -2.21. The summed E-state index contributed by atoms with van der Waals surface area (Å²) in [5.41, 5.74) is 0.753. The Balaban J connectivity index is 1.27. The molecule has 2 aromatic carbocycles. The zero-order valence-electron chi connectivity index (χ0n) is 17.9. The molecular formula is C25H23ClIN3O3. The summed E-state index contributed by atoms with van der Waals surface area (Å²) >= 11 is 7.94. The van der Waals surface area contributed by atoms with Crippen LogP contribution in [0.4, 0.5) is 0 Å². The minimum Gasteiger partial charge on any atom is -0.302 e. The Morgan fingerprint density at radius 3 is 2.52 bits per heavy atom. The molecule has 5 rings (SSSR count). The van der Waals surface area contributed by atoms with Crippen molar-refractivity contribution in [1.82, 2.24) is 14.0 Å². The molecule has 33 heavy (non-hydrogen) atoms. The highest BCUT2D eigenvalue weighted by Crippen LogP contribution is 2.59. The fraction of sp³-hybridized carbons (Fsp3) is 0.320. The van der Waals surface area contributed by atoms with E-state index in [9.17, 15) is 14.4 Å². The van der Waals surface area contributed by atoms with Crippen molar-refractivity contribution in [2.24, 2.45) is 5.92 Å². The van der Waals surface area contributed by atoms with Gasteiger partial charge in [0, 0.05) is 41.8 Å². The molecule has 0 radical (unpaired) electrons. The van der Waals surface area contributed by atoms with Gasteiger partial charge >= 0.3 is 5.69 Å². The molecule has 0 spiro atoms. The minimum absolute atomic E-state index is 0.242. The molecule has 8 heteroatoms. The summed E-state index contributed by atoms with van der Waals surface area (Å²) in [5, 5.41) is 0.759. The van der Waals surface area contributed by atoms with E-state index in [1.165, 1.54) is 16.6 Å². The average Bonchev–Trinajstić information content (AvgIpc) is 3.39. The van der Waals surface area contributed by atoms with Gasteiger partial charge in [-0.3, -0.25) is 14.2 Å². The highest BCUT2D eigenvalue weighted by molar-refractivity contribution is 14.1. The maximum Gasteiger partial charge on any atom is 0.338 e. The topological polar surface area (TPSA) is 64.3 Å². The number of carbonyl (C=O) groups excluding carboxylic acids is 1. The zero-order valence-corrected chi connectivity index (χ0v) is 20.8. The lowest BCUT2D eigenvalue weighted by atomic mass is 9.95. The molecule has 1 aliphatic heterocycles. The monoisotopic (exact) mass is 575 g/mol. The summed E-state index contributed by atoms with van der Waals surface area (Å²) in [7, 11) is 0. The Hall–Kier alpha value is -2.23. The summed E-state index contributed by atoms with van der Waals surface area (Å²) in [4.78, 5) is 40.8. The van der Waals surface area contributed by atoms with E-state index in [0.29, 0.717) is 21.6 Å². The molecule has 1 aromatic heterocycles. The SMILES string of the molecule is O=C(c1ccccc1)n1c(=O)c(I)cn(CCCN2C[C@H]3C[C@@]3(c3ccc(Cl)cc3)C2)c1=O. The van der Waals surface area contributed by atoms with Crippen LogP contribution < -0.4 is 11.2 Å². The van der Waals surface area contributed by atoms with Crippen LogP contribution in [0.3, 0.4) is 0 Å². The first-order valence-electron chi connectivity index (χ1n) is 11.0. The van der Waals surface area contributed by atoms with Crippen molar-refractivity contribution in [2.75, 3.05) is 19.6 Å². The van der Waals surface area contributed by atoms with Gasteiger partial charge in [-0.1, -0.05) is 41.9 Å². The second kappa shape index (κ2) is 8.85. The maximum atomic E-state index is 13.0. The number of nitrogens with zero attached hydrogens (tertiary/aromatic N) is 3. The van der Waals surface area contributed by atoms with Crippen molar-refractivity contribution >= 4 is 40.1 Å². The van der Waals surface area contributed by atoms with E-state index in [4.69, 9.17) is 11.6 Å². The van der Waals surface area contributed by atoms with Crippen molar-refractivity contribution in [3.8, 4) is 0 Å². The Labute approximate surface area is 209 Å². The van der Waals surface area contributed by atoms with Crippen LogP contribution in [0.5, 0.6) is 0 Å². The third-order valence-corrected chi connectivity index (χ3v) is 7.84. The van der Waals surface area contributed by atoms with E-state index in [0.717, 1.165) is 35.6 Å². The number of rotatable bonds is 6. The van der Waals surface area contributed by atoms with Crippen LogP contribution in [0.25, 0.3) is 0 Å². The molecule has 2 fully saturated rings. The zero-order chi connectivity index (χ0) is 23.2. The number of aryl methyl sites for hydroxylation is 1. The van der Waals surface area contributed by atoms with Gasteiger partial charge in [0.2, 0.25) is 0 Å². The number of carbonyl (C=O) groups is 1. The van der Waals surface area contributed by atoms with Gasteiger partial charge in [0.15, 0.2) is 0 Å². The summed E-state index contributed by atoms with van der Waals surface area (Å²) in [5.74, 6) is 0.0788. The normalized spacial score (nSPS) is 21.7. The van der Waals surface area contributed by atoms with Gasteiger partial charge in [-0.2, -0.15) is 4.57 Å². The summed E-state index contributed by atoms with van der Waals surface area (Å²) in [6.07, 6.45) is 3.53. The van der Waals surface area contributed by atoms with Crippen LogP contribution in [-0.4, -0.2) is 39.6 Å². The highest BCUT2D eigenvalue weighted by Gasteiger charge is 2.60. The van der Waals surface area contributed by atoms with Crippen LogP contribution >= 0.6 is 34.2 Å². The first-order chi connectivity index (χ1) is 15.9. The van der Waals surface area contributed by atoms with Gasteiger partial charge in [0.05, 0.1) is 3.57 Å². The van der Waals surface area contributed by atoms with Gasteiger partial charge in [0.1, 0.15) is 0 Å². The second-order valence-electron chi connectivity index (χ2n) is 8.92. The van der Waals surface area contributed by atoms with E-state index in [-0.39, 0.29) is 5.41 Å². The van der Waals surface area contributed by atoms with E-state index in [1.807, 2.05) is 34.7 Å². The molecule has 0 amide bonds. The van der Waals surface area contributed by atoms with Crippen LogP contribution in [-0.2, 0) is 12.0 Å². The van der Waals surface area contributed by atoms with Crippen molar-refractivity contribution in [1.29, 1.82) is 0 Å². The Bertz CT molecular complexity index is 1320. The number of hydrogen-bond acceptors (Lipinski definition) is 4. The van der Waals surface area contributed by atoms with Crippen molar-refractivity contribution < 1.29 is 4.79 Å². The molecule has 0 unspecified atom stereocenters. The Morgan fingerprint density at radius 1 is 1.06 bits per heavy atom. The van der Waals surface area contributed by atoms with Gasteiger partial charge < -0.3 is 4.90 Å². The Kier molecular flexibility index (Phi) is 6.05. The molecule has 3 aromatic rings. The van der Waals surface area contributed by atoms with Gasteiger partial charge in [-0.25, -0.2) is 4.79 Å². The number of likely N-dealkylation sites (tertiary alicyclic amines) is 1. The number of hydrogen-bond donors (Lipinski definition) is 0. The molecule has 2 heterocycles. The van der Waals surface area contributed by atoms with Crippen molar-refractivity contribution in [3.05, 3.63) is 101 Å². The standard InChI is InChI=1S/C25H23ClIN3O3/c26-20-9-7-18(8-10-20)25-13-19(25)14-28(16-25)11-4-12-29-15-21(27)23(32)30(24(29)33)22(31)17-5-2-1-3-6-17/h1-3,5-10,15,19H,4,11-14,16H2/t19-,25+/m1/s1. The first-order valence-corrected chi connectivity index (χ1v) is 12.4. The summed E-state index contributed by atoms with van der Waals surface area (Å²) < 4.78 is 2.58. The van der Waals surface area contributed by atoms with E-state index in [1.54, 1.807) is 36.5 Å². The predicted octanol–water partition coefficient (Wildman–Crippen LogP) is 3.62. The van der Waals surface area contributed by atoms with Crippen LogP contribution in [0.15, 0.2) is 70.4 Å². The number of piperidine rings is 1. The molecule has 0 N–H and O–H groups in total. The van der Waals surface area contributed by atoms with Gasteiger partial charge in [-0.15, -0.1) is 0 Å². The van der Waals surface area contributed by atoms with Crippen molar-refractivity contribution in [2.45, 2.75) is 24.8 Å². The van der Waals surface area contributed by atoms with E-state index < -0.39 is 17.2 Å². The van der Waals surface area contributed by atoms with Crippen LogP contribution in [0.1, 0.15) is 28.8 Å². The lowest BCUT2D eigenvalue weighted by molar-refractivity contribution is 0.0948. The molecule has 1 saturated carbocycles. The van der Waals surface area contributed by atoms with Gasteiger partial charge in [-0.05, 0) is 77.7 Å². The van der Waals surface area contributed by atoms with Crippen LogP contribution in [0.2, 0.25) is 5.02 Å². The fourth-order valence-corrected chi connectivity index (χ4v) is 5.77. The van der Waals surface area contributed by atoms with E-state index in [2.05, 4.69) is 17.0 Å². The number of benzene rings is 2. The minimum atomic E-state index is -0.595. The highest BCUT2D eigenvalue weighted by atomic mass is 127. The maximum absolute atomic E-state index is 13.0. The first kappa shape index (κ1) is 22.6. The van der Waals surface area contributed by atoms with Crippen LogP contribution in [0, 0.1) is 9.49 Å². The third-order valence-electron chi connectivity index (χ3n) is 6.85. The van der Waals surface area contributed by atoms with Crippen molar-refractivity contribution in [3.63, 3.8) is 0 Å². The largest absolute Gasteiger partial charge is 0.338 e. The molecule has 170 valence electrons. The van der Waals surface area contributed by atoms with Gasteiger partial charge in [0.25, 0.3) is 11.5 Å². The molecule has 6 nitrogen and oxygen atoms in total. The molecule has 2 aliphatic rings. The Morgan fingerprint density at radius 2 is 1.79 bits per heavy atom. The molecule has 2 atom stereocenters. The third kappa shape index (κ3) is 4.22.